The third kappa shape index (κ3) is 3.89. The Kier molecular flexibility index (Phi) is 5.24. The van der Waals surface area contributed by atoms with E-state index in [1.807, 2.05) is 59.3 Å². The summed E-state index contributed by atoms with van der Waals surface area (Å²) in [5.41, 5.74) is 2.16. The minimum absolute atomic E-state index is 0.114. The van der Waals surface area contributed by atoms with Crippen LogP contribution in [0.2, 0.25) is 0 Å². The van der Waals surface area contributed by atoms with E-state index in [9.17, 15) is 9.59 Å². The number of amides is 2. The van der Waals surface area contributed by atoms with E-state index in [4.69, 9.17) is 0 Å². The van der Waals surface area contributed by atoms with Crippen LogP contribution in [-0.2, 0) is 11.3 Å². The summed E-state index contributed by atoms with van der Waals surface area (Å²) in [4.78, 5) is 27.2. The molecule has 1 aromatic carbocycles. The van der Waals surface area contributed by atoms with Crippen molar-refractivity contribution in [3.05, 3.63) is 58.4 Å². The standard InChI is InChI=1S/C23H26N4O2S/c1-15(19-10-7-11-30-19)24-21(28)14-27-22(29)18-12-16-8-5-6-9-17(16)26(18)13-20(25-27)23(2,3)4/h5-12,15H,13-14H2,1-4H3,(H,24,28). The third-order valence-electron chi connectivity index (χ3n) is 5.32. The molecule has 0 aliphatic carbocycles. The molecule has 1 unspecified atom stereocenters. The molecule has 30 heavy (non-hydrogen) atoms. The fourth-order valence-corrected chi connectivity index (χ4v) is 4.32. The van der Waals surface area contributed by atoms with Crippen LogP contribution < -0.4 is 5.32 Å². The lowest BCUT2D eigenvalue weighted by molar-refractivity contribution is -0.122. The van der Waals surface area contributed by atoms with Gasteiger partial charge >= 0.3 is 0 Å². The number of para-hydroxylation sites is 1. The van der Waals surface area contributed by atoms with Gasteiger partial charge in [0.1, 0.15) is 12.2 Å². The minimum Gasteiger partial charge on any atom is -0.347 e. The van der Waals surface area contributed by atoms with Gasteiger partial charge in [0.2, 0.25) is 5.91 Å². The average Bonchev–Trinajstić information content (AvgIpc) is 3.31. The molecular weight excluding hydrogens is 396 g/mol. The number of aromatic nitrogens is 1. The molecule has 1 atom stereocenters. The van der Waals surface area contributed by atoms with E-state index >= 15 is 0 Å². The van der Waals surface area contributed by atoms with Gasteiger partial charge in [0.15, 0.2) is 0 Å². The van der Waals surface area contributed by atoms with Gasteiger partial charge < -0.3 is 9.88 Å². The van der Waals surface area contributed by atoms with Crippen molar-refractivity contribution in [2.75, 3.05) is 6.54 Å². The fraction of sp³-hybridized carbons (Fsp3) is 0.348. The van der Waals surface area contributed by atoms with Gasteiger partial charge in [0, 0.05) is 21.2 Å². The highest BCUT2D eigenvalue weighted by atomic mass is 32.1. The van der Waals surface area contributed by atoms with Gasteiger partial charge in [-0.2, -0.15) is 5.10 Å². The molecule has 0 radical (unpaired) electrons. The maximum absolute atomic E-state index is 13.3. The summed E-state index contributed by atoms with van der Waals surface area (Å²) < 4.78 is 2.01. The lowest BCUT2D eigenvalue weighted by atomic mass is 9.90. The van der Waals surface area contributed by atoms with Crippen molar-refractivity contribution in [3.63, 3.8) is 0 Å². The maximum Gasteiger partial charge on any atom is 0.291 e. The van der Waals surface area contributed by atoms with E-state index in [2.05, 4.69) is 31.2 Å². The summed E-state index contributed by atoms with van der Waals surface area (Å²) in [5.74, 6) is -0.491. The number of hydrazone groups is 1. The third-order valence-corrected chi connectivity index (χ3v) is 6.38. The molecule has 2 aromatic heterocycles. The number of nitrogens with one attached hydrogen (secondary N) is 1. The summed E-state index contributed by atoms with van der Waals surface area (Å²) in [6, 6.07) is 13.7. The Bertz CT molecular complexity index is 1120. The van der Waals surface area contributed by atoms with E-state index in [0.29, 0.717) is 12.2 Å². The number of nitrogens with zero attached hydrogens (tertiary/aromatic N) is 3. The second-order valence-corrected chi connectivity index (χ2v) is 9.62. The summed E-state index contributed by atoms with van der Waals surface area (Å²) in [5, 5.41) is 11.9. The van der Waals surface area contributed by atoms with E-state index in [-0.39, 0.29) is 29.8 Å². The van der Waals surface area contributed by atoms with E-state index in [1.54, 1.807) is 11.3 Å². The molecule has 0 fully saturated rings. The Morgan fingerprint density at radius 1 is 1.23 bits per heavy atom. The average molecular weight is 423 g/mol. The lowest BCUT2D eigenvalue weighted by Crippen LogP contribution is -2.39. The van der Waals surface area contributed by atoms with Gasteiger partial charge in [-0.05, 0) is 30.5 Å². The Hall–Kier alpha value is -2.93. The summed E-state index contributed by atoms with van der Waals surface area (Å²) >= 11 is 1.59. The molecule has 0 saturated heterocycles. The molecule has 3 aromatic rings. The SMILES string of the molecule is CC(NC(=O)CN1N=C(C(C)(C)C)Cn2c(cc3ccccc32)C1=O)c1cccs1. The summed E-state index contributed by atoms with van der Waals surface area (Å²) in [6.07, 6.45) is 0. The molecule has 0 spiro atoms. The first-order chi connectivity index (χ1) is 14.2. The van der Waals surface area contributed by atoms with Gasteiger partial charge in [-0.25, -0.2) is 5.01 Å². The molecule has 6 nitrogen and oxygen atoms in total. The predicted molar refractivity (Wildman–Crippen MR) is 121 cm³/mol. The largest absolute Gasteiger partial charge is 0.347 e. The number of fused-ring (bicyclic) bond motifs is 3. The molecule has 3 heterocycles. The van der Waals surface area contributed by atoms with E-state index < -0.39 is 0 Å². The van der Waals surface area contributed by atoms with Crippen LogP contribution in [0.1, 0.15) is 49.1 Å². The molecule has 4 rings (SSSR count). The summed E-state index contributed by atoms with van der Waals surface area (Å²) in [7, 11) is 0. The molecule has 1 aliphatic rings. The van der Waals surface area contributed by atoms with Crippen molar-refractivity contribution in [1.82, 2.24) is 14.9 Å². The Labute approximate surface area is 180 Å². The number of thiophene rings is 1. The van der Waals surface area contributed by atoms with Gasteiger partial charge in [0.05, 0.1) is 18.3 Å². The van der Waals surface area contributed by atoms with Crippen LogP contribution >= 0.6 is 11.3 Å². The Morgan fingerprint density at radius 3 is 2.70 bits per heavy atom. The first-order valence-electron chi connectivity index (χ1n) is 10.0. The van der Waals surface area contributed by atoms with Crippen molar-refractivity contribution in [1.29, 1.82) is 0 Å². The van der Waals surface area contributed by atoms with Crippen molar-refractivity contribution in [2.24, 2.45) is 10.5 Å². The van der Waals surface area contributed by atoms with Crippen molar-refractivity contribution >= 4 is 39.8 Å². The number of carbonyl (C=O) groups is 2. The highest BCUT2D eigenvalue weighted by Crippen LogP contribution is 2.27. The van der Waals surface area contributed by atoms with Crippen LogP contribution in [0.3, 0.4) is 0 Å². The Morgan fingerprint density at radius 2 is 2.00 bits per heavy atom. The zero-order valence-electron chi connectivity index (χ0n) is 17.7. The molecule has 156 valence electrons. The van der Waals surface area contributed by atoms with Crippen molar-refractivity contribution in [3.8, 4) is 0 Å². The predicted octanol–water partition coefficient (Wildman–Crippen LogP) is 4.44. The monoisotopic (exact) mass is 422 g/mol. The quantitative estimate of drug-likeness (QED) is 0.676. The lowest BCUT2D eigenvalue weighted by Gasteiger charge is -2.23. The highest BCUT2D eigenvalue weighted by Gasteiger charge is 2.31. The van der Waals surface area contributed by atoms with Crippen LogP contribution in [-0.4, -0.2) is 33.6 Å². The van der Waals surface area contributed by atoms with Crippen molar-refractivity contribution in [2.45, 2.75) is 40.3 Å². The molecule has 1 aliphatic heterocycles. The van der Waals surface area contributed by atoms with Gasteiger partial charge in [-0.1, -0.05) is 45.0 Å². The Balaban J connectivity index is 1.66. The van der Waals surface area contributed by atoms with E-state index in [0.717, 1.165) is 21.5 Å². The van der Waals surface area contributed by atoms with E-state index in [1.165, 1.54) is 5.01 Å². The van der Waals surface area contributed by atoms with Gasteiger partial charge in [-0.15, -0.1) is 11.3 Å². The molecule has 7 heteroatoms. The summed E-state index contributed by atoms with van der Waals surface area (Å²) in [6.45, 7) is 8.56. The molecule has 0 bridgehead atoms. The maximum atomic E-state index is 13.3. The van der Waals surface area contributed by atoms with Gasteiger partial charge in [-0.3, -0.25) is 9.59 Å². The number of hydrogen-bond donors (Lipinski definition) is 1. The van der Waals surface area contributed by atoms with Crippen LogP contribution in [0.5, 0.6) is 0 Å². The van der Waals surface area contributed by atoms with Crippen LogP contribution in [0.25, 0.3) is 10.9 Å². The number of hydrogen-bond acceptors (Lipinski definition) is 4. The smallest absolute Gasteiger partial charge is 0.291 e. The number of rotatable bonds is 4. The highest BCUT2D eigenvalue weighted by molar-refractivity contribution is 7.10. The zero-order valence-corrected chi connectivity index (χ0v) is 18.5. The molecular formula is C23H26N4O2S. The molecule has 1 N–H and O–H groups in total. The van der Waals surface area contributed by atoms with Crippen LogP contribution in [0.4, 0.5) is 0 Å². The normalized spacial score (nSPS) is 15.5. The molecule has 2 amide bonds. The number of carbonyl (C=O) groups excluding carboxylic acids is 2. The zero-order chi connectivity index (χ0) is 21.5. The first kappa shape index (κ1) is 20.3. The minimum atomic E-state index is -0.260. The van der Waals surface area contributed by atoms with Gasteiger partial charge in [0.25, 0.3) is 5.91 Å². The van der Waals surface area contributed by atoms with Crippen LogP contribution in [0, 0.1) is 5.41 Å². The fourth-order valence-electron chi connectivity index (χ4n) is 3.59. The molecule has 0 saturated carbocycles. The second kappa shape index (κ2) is 7.72. The van der Waals surface area contributed by atoms with Crippen LogP contribution in [0.15, 0.2) is 52.9 Å². The number of benzene rings is 1. The second-order valence-electron chi connectivity index (χ2n) is 8.64. The topological polar surface area (TPSA) is 66.7 Å². The van der Waals surface area contributed by atoms with Crippen molar-refractivity contribution < 1.29 is 9.59 Å². The first-order valence-corrected chi connectivity index (χ1v) is 10.9.